The van der Waals surface area contributed by atoms with Gasteiger partial charge in [0.25, 0.3) is 10.0 Å². The van der Waals surface area contributed by atoms with Gasteiger partial charge in [0.05, 0.1) is 4.90 Å². The topological polar surface area (TPSA) is 140 Å². The number of hydrogen-bond acceptors (Lipinski definition) is 8. The first-order chi connectivity index (χ1) is 12.2. The molecule has 0 bridgehead atoms. The van der Waals surface area contributed by atoms with E-state index in [1.165, 1.54) is 25.1 Å². The number of hydrogen-bond donors (Lipinski definition) is 2. The van der Waals surface area contributed by atoms with Crippen molar-refractivity contribution in [3.8, 4) is 0 Å². The number of rotatable bonds is 5. The molecule has 26 heavy (non-hydrogen) atoms. The summed E-state index contributed by atoms with van der Waals surface area (Å²) in [5, 5.41) is 1.51. The van der Waals surface area contributed by atoms with Gasteiger partial charge in [0, 0.05) is 12.5 Å². The minimum absolute atomic E-state index is 0.189. The largest absolute Gasteiger partial charge is 0.461 e. The second-order valence-corrected chi connectivity index (χ2v) is 6.97. The number of nitrogens with zero attached hydrogens (tertiary/aromatic N) is 3. The number of anilines is 1. The second-order valence-electron chi connectivity index (χ2n) is 4.64. The molecule has 2 aromatic rings. The van der Waals surface area contributed by atoms with Gasteiger partial charge in [-0.1, -0.05) is 18.2 Å². The van der Waals surface area contributed by atoms with E-state index in [0.29, 0.717) is 0 Å². The van der Waals surface area contributed by atoms with Crippen LogP contribution in [0.25, 0.3) is 0 Å². The molecule has 0 saturated heterocycles. The zero-order valence-corrected chi connectivity index (χ0v) is 15.4. The number of urea groups is 1. The van der Waals surface area contributed by atoms with Crippen molar-refractivity contribution in [3.63, 3.8) is 0 Å². The Hall–Kier alpha value is -2.50. The summed E-state index contributed by atoms with van der Waals surface area (Å²) in [5.74, 6) is -0.914. The summed E-state index contributed by atoms with van der Waals surface area (Å²) in [6.45, 7) is 0.917. The molecular weight excluding hydrogens is 409 g/mol. The van der Waals surface area contributed by atoms with Crippen LogP contribution in [0.5, 0.6) is 0 Å². The Labute approximate surface area is 158 Å². The van der Waals surface area contributed by atoms with Crippen LogP contribution in [0.2, 0.25) is 10.6 Å². The molecule has 0 spiro atoms. The van der Waals surface area contributed by atoms with E-state index in [2.05, 4.69) is 20.3 Å². The molecule has 138 valence electrons. The molecule has 2 N–H and O–H groups in total. The lowest BCUT2D eigenvalue weighted by Gasteiger charge is -2.11. The lowest BCUT2D eigenvalue weighted by atomic mass is 10.2. The summed E-state index contributed by atoms with van der Waals surface area (Å²) in [6.07, 6.45) is 0. The minimum atomic E-state index is -4.27. The molecule has 0 unspecified atom stereocenters. The molecule has 10 nitrogen and oxygen atoms in total. The van der Waals surface area contributed by atoms with Gasteiger partial charge >= 0.3 is 12.0 Å². The highest BCUT2D eigenvalue weighted by atomic mass is 35.5. The normalized spacial score (nSPS) is 10.9. The quantitative estimate of drug-likeness (QED) is 0.698. The molecule has 2 amide bonds. The summed E-state index contributed by atoms with van der Waals surface area (Å²) in [7, 11) is -4.27. The zero-order valence-electron chi connectivity index (χ0n) is 13.1. The highest BCUT2D eigenvalue weighted by Crippen LogP contribution is 2.17. The Kier molecular flexibility index (Phi) is 6.29. The molecule has 0 radical (unpaired) electrons. The van der Waals surface area contributed by atoms with Crippen LogP contribution < -0.4 is 10.0 Å². The molecule has 0 saturated carbocycles. The predicted octanol–water partition coefficient (Wildman–Crippen LogP) is 1.75. The second kappa shape index (κ2) is 8.25. The Bertz CT molecular complexity index is 933. The summed E-state index contributed by atoms with van der Waals surface area (Å²) >= 11 is 11.1. The van der Waals surface area contributed by atoms with Crippen LogP contribution in [0.1, 0.15) is 12.5 Å². The van der Waals surface area contributed by atoms with Gasteiger partial charge in [-0.3, -0.25) is 10.1 Å². The third-order valence-electron chi connectivity index (χ3n) is 2.73. The molecule has 1 heterocycles. The van der Waals surface area contributed by atoms with Crippen LogP contribution >= 0.6 is 23.2 Å². The zero-order chi connectivity index (χ0) is 19.3. The van der Waals surface area contributed by atoms with E-state index in [4.69, 9.17) is 27.9 Å². The predicted molar refractivity (Wildman–Crippen MR) is 91.1 cm³/mol. The van der Waals surface area contributed by atoms with Crippen LogP contribution in [-0.2, 0) is 26.2 Å². The average molecular weight is 420 g/mol. The molecule has 0 aliphatic rings. The van der Waals surface area contributed by atoms with Gasteiger partial charge in [0.15, 0.2) is 0 Å². The lowest BCUT2D eigenvalue weighted by Crippen LogP contribution is -2.35. The highest BCUT2D eigenvalue weighted by molar-refractivity contribution is 7.90. The summed E-state index contributed by atoms with van der Waals surface area (Å²) < 4.78 is 31.4. The molecule has 2 rings (SSSR count). The van der Waals surface area contributed by atoms with Crippen molar-refractivity contribution in [2.45, 2.75) is 18.4 Å². The Morgan fingerprint density at radius 1 is 1.12 bits per heavy atom. The van der Waals surface area contributed by atoms with Crippen molar-refractivity contribution in [2.24, 2.45) is 0 Å². The Balaban J connectivity index is 2.17. The van der Waals surface area contributed by atoms with E-state index >= 15 is 0 Å². The van der Waals surface area contributed by atoms with Gasteiger partial charge in [-0.2, -0.15) is 15.0 Å². The number of nitrogens with one attached hydrogen (secondary N) is 2. The molecule has 13 heteroatoms. The molecule has 0 atom stereocenters. The van der Waals surface area contributed by atoms with Gasteiger partial charge in [0.1, 0.15) is 6.61 Å². The fraction of sp³-hybridized carbons (Fsp3) is 0.154. The number of carbonyl (C=O) groups is 2. The standard InChI is InChI=1S/C13H11Cl2N5O5S/c1-7(21)25-6-8-4-2-3-5-9(8)26(23,24)20-13(22)19-12-17-10(14)16-11(15)18-12/h2-5H,6H2,1H3,(H2,16,17,18,19,20,22). The number of aromatic nitrogens is 3. The average Bonchev–Trinajstić information content (AvgIpc) is 2.51. The summed E-state index contributed by atoms with van der Waals surface area (Å²) in [4.78, 5) is 33.3. The first kappa shape index (κ1) is 19.8. The number of halogens is 2. The van der Waals surface area contributed by atoms with Crippen molar-refractivity contribution in [1.29, 1.82) is 0 Å². The van der Waals surface area contributed by atoms with Gasteiger partial charge in [-0.25, -0.2) is 17.9 Å². The number of benzene rings is 1. The fourth-order valence-electron chi connectivity index (χ4n) is 1.75. The molecular formula is C13H11Cl2N5O5S. The monoisotopic (exact) mass is 419 g/mol. The molecule has 0 aliphatic carbocycles. The number of carbonyl (C=O) groups excluding carboxylic acids is 2. The van der Waals surface area contributed by atoms with Crippen molar-refractivity contribution in [3.05, 3.63) is 40.4 Å². The van der Waals surface area contributed by atoms with E-state index in [9.17, 15) is 18.0 Å². The van der Waals surface area contributed by atoms with Gasteiger partial charge in [-0.05, 0) is 29.3 Å². The van der Waals surface area contributed by atoms with Crippen molar-refractivity contribution in [1.82, 2.24) is 19.7 Å². The smallest absolute Gasteiger partial charge is 0.335 e. The van der Waals surface area contributed by atoms with Crippen molar-refractivity contribution in [2.75, 3.05) is 5.32 Å². The third kappa shape index (κ3) is 5.51. The van der Waals surface area contributed by atoms with Crippen LogP contribution in [0.4, 0.5) is 10.7 Å². The van der Waals surface area contributed by atoms with E-state index in [1.54, 1.807) is 10.8 Å². The number of amides is 2. The van der Waals surface area contributed by atoms with Gasteiger partial charge < -0.3 is 4.74 Å². The van der Waals surface area contributed by atoms with Crippen molar-refractivity contribution >= 4 is 51.2 Å². The Morgan fingerprint density at radius 2 is 1.73 bits per heavy atom. The van der Waals surface area contributed by atoms with Crippen LogP contribution in [0, 0.1) is 0 Å². The third-order valence-corrected chi connectivity index (χ3v) is 4.50. The Morgan fingerprint density at radius 3 is 2.35 bits per heavy atom. The van der Waals surface area contributed by atoms with E-state index < -0.39 is 22.0 Å². The molecule has 1 aromatic carbocycles. The number of ether oxygens (including phenoxy) is 1. The van der Waals surface area contributed by atoms with E-state index in [0.717, 1.165) is 0 Å². The fourth-order valence-corrected chi connectivity index (χ4v) is 3.25. The van der Waals surface area contributed by atoms with Crippen LogP contribution in [-0.4, -0.2) is 35.4 Å². The molecule has 0 aliphatic heterocycles. The molecule has 0 fully saturated rings. The van der Waals surface area contributed by atoms with Crippen LogP contribution in [0.15, 0.2) is 29.2 Å². The van der Waals surface area contributed by atoms with Gasteiger partial charge in [0.2, 0.25) is 16.5 Å². The summed E-state index contributed by atoms with van der Waals surface area (Å²) in [6, 6.07) is 4.57. The van der Waals surface area contributed by atoms with E-state index in [-0.39, 0.29) is 33.6 Å². The van der Waals surface area contributed by atoms with Crippen molar-refractivity contribution < 1.29 is 22.7 Å². The molecule has 1 aromatic heterocycles. The first-order valence-corrected chi connectivity index (χ1v) is 9.03. The maximum Gasteiger partial charge on any atom is 0.335 e. The highest BCUT2D eigenvalue weighted by Gasteiger charge is 2.22. The maximum atomic E-state index is 12.4. The lowest BCUT2D eigenvalue weighted by molar-refractivity contribution is -0.142. The number of esters is 1. The summed E-state index contributed by atoms with van der Waals surface area (Å²) in [5.41, 5.74) is 0.189. The van der Waals surface area contributed by atoms with E-state index in [1.807, 2.05) is 0 Å². The first-order valence-electron chi connectivity index (χ1n) is 6.79. The number of sulfonamides is 1. The van der Waals surface area contributed by atoms with Gasteiger partial charge in [-0.15, -0.1) is 0 Å². The minimum Gasteiger partial charge on any atom is -0.461 e. The SMILES string of the molecule is CC(=O)OCc1ccccc1S(=O)(=O)NC(=O)Nc1nc(Cl)nc(Cl)n1. The maximum absolute atomic E-state index is 12.4. The van der Waals surface area contributed by atoms with Crippen LogP contribution in [0.3, 0.4) is 0 Å².